The van der Waals surface area contributed by atoms with Gasteiger partial charge in [-0.25, -0.2) is 0 Å². The summed E-state index contributed by atoms with van der Waals surface area (Å²) in [4.78, 5) is 38.3. The van der Waals surface area contributed by atoms with E-state index in [1.807, 2.05) is 13.8 Å². The van der Waals surface area contributed by atoms with Crippen LogP contribution in [0, 0.1) is 0 Å². The molecule has 0 unspecified atom stereocenters. The quantitative estimate of drug-likeness (QED) is 0.867. The number of carbonyl (C=O) groups excluding carboxylic acids is 3. The summed E-state index contributed by atoms with van der Waals surface area (Å²) in [7, 11) is 1.60. The Balaban J connectivity index is 2.70. The topological polar surface area (TPSA) is 69.7 Å². The maximum Gasteiger partial charge on any atom is 0.254 e. The van der Waals surface area contributed by atoms with Gasteiger partial charge in [-0.1, -0.05) is 0 Å². The fourth-order valence-electron chi connectivity index (χ4n) is 2.07. The van der Waals surface area contributed by atoms with Gasteiger partial charge in [-0.3, -0.25) is 14.4 Å². The van der Waals surface area contributed by atoms with Crippen molar-refractivity contribution in [1.29, 1.82) is 0 Å². The van der Waals surface area contributed by atoms with Gasteiger partial charge < -0.3 is 15.1 Å². The van der Waals surface area contributed by atoms with Gasteiger partial charge in [0, 0.05) is 38.3 Å². The molecular formula is C16H23N3O3. The number of hydrogen-bond acceptors (Lipinski definition) is 3. The summed E-state index contributed by atoms with van der Waals surface area (Å²) in [5.74, 6) is -0.466. The predicted octanol–water partition coefficient (Wildman–Crippen LogP) is 1.59. The highest BCUT2D eigenvalue weighted by Gasteiger charge is 2.17. The minimum Gasteiger partial charge on any atom is -0.342 e. The monoisotopic (exact) mass is 305 g/mol. The number of benzene rings is 1. The molecule has 0 atom stereocenters. The Bertz CT molecular complexity index is 536. The molecule has 0 radical (unpaired) electrons. The normalized spacial score (nSPS) is 10.0. The fraction of sp³-hybridized carbons (Fsp3) is 0.438. The summed E-state index contributed by atoms with van der Waals surface area (Å²) < 4.78 is 0. The van der Waals surface area contributed by atoms with Crippen molar-refractivity contribution in [3.63, 3.8) is 0 Å². The van der Waals surface area contributed by atoms with E-state index in [-0.39, 0.29) is 24.3 Å². The van der Waals surface area contributed by atoms with Gasteiger partial charge in [-0.2, -0.15) is 0 Å². The molecule has 0 saturated carbocycles. The zero-order valence-electron chi connectivity index (χ0n) is 13.5. The molecule has 1 N–H and O–H groups in total. The van der Waals surface area contributed by atoms with Crippen molar-refractivity contribution in [2.75, 3.05) is 32.0 Å². The Kier molecular flexibility index (Phi) is 6.56. The van der Waals surface area contributed by atoms with E-state index >= 15 is 0 Å². The van der Waals surface area contributed by atoms with Crippen LogP contribution in [0.15, 0.2) is 24.3 Å². The molecule has 3 amide bonds. The molecule has 120 valence electrons. The van der Waals surface area contributed by atoms with Gasteiger partial charge >= 0.3 is 0 Å². The van der Waals surface area contributed by atoms with Crippen LogP contribution in [0.3, 0.4) is 0 Å². The summed E-state index contributed by atoms with van der Waals surface area (Å²) >= 11 is 0. The van der Waals surface area contributed by atoms with Crippen LogP contribution >= 0.6 is 0 Å². The number of rotatable bonds is 6. The Hall–Kier alpha value is -2.37. The Morgan fingerprint density at radius 2 is 1.59 bits per heavy atom. The second-order valence-corrected chi connectivity index (χ2v) is 4.99. The minimum absolute atomic E-state index is 0.0496. The molecule has 22 heavy (non-hydrogen) atoms. The van der Waals surface area contributed by atoms with Crippen molar-refractivity contribution < 1.29 is 14.4 Å². The highest BCUT2D eigenvalue weighted by molar-refractivity contribution is 5.97. The van der Waals surface area contributed by atoms with Crippen LogP contribution in [0.5, 0.6) is 0 Å². The third-order valence-electron chi connectivity index (χ3n) is 3.29. The summed E-state index contributed by atoms with van der Waals surface area (Å²) in [5.41, 5.74) is 1.11. The fourth-order valence-corrected chi connectivity index (χ4v) is 2.07. The standard InChI is InChI=1S/C16H23N3O3/c1-5-19(6-2)15(21)11-18(4)16(22)13-7-9-14(10-8-13)17-12(3)20/h7-10H,5-6,11H2,1-4H3,(H,17,20). The van der Waals surface area contributed by atoms with Gasteiger partial charge in [0.2, 0.25) is 11.8 Å². The van der Waals surface area contributed by atoms with Crippen LogP contribution in [0.25, 0.3) is 0 Å². The minimum atomic E-state index is -0.227. The molecule has 0 fully saturated rings. The van der Waals surface area contributed by atoms with Crippen molar-refractivity contribution in [2.45, 2.75) is 20.8 Å². The van der Waals surface area contributed by atoms with E-state index in [0.717, 1.165) is 0 Å². The van der Waals surface area contributed by atoms with Crippen molar-refractivity contribution in [2.24, 2.45) is 0 Å². The molecule has 0 heterocycles. The molecule has 6 nitrogen and oxygen atoms in total. The number of nitrogens with zero attached hydrogens (tertiary/aromatic N) is 2. The van der Waals surface area contributed by atoms with Crippen LogP contribution < -0.4 is 5.32 Å². The number of carbonyl (C=O) groups is 3. The molecule has 1 aromatic carbocycles. The summed E-state index contributed by atoms with van der Waals surface area (Å²) in [5, 5.41) is 2.64. The maximum absolute atomic E-state index is 12.3. The van der Waals surface area contributed by atoms with Crippen molar-refractivity contribution >= 4 is 23.4 Å². The summed E-state index contributed by atoms with van der Waals surface area (Å²) in [6.45, 7) is 6.54. The first-order valence-corrected chi connectivity index (χ1v) is 7.29. The number of nitrogens with one attached hydrogen (secondary N) is 1. The number of likely N-dealkylation sites (N-methyl/N-ethyl adjacent to an activating group) is 2. The molecule has 0 saturated heterocycles. The molecule has 0 aliphatic rings. The van der Waals surface area contributed by atoms with Crippen molar-refractivity contribution in [1.82, 2.24) is 9.80 Å². The number of amides is 3. The third kappa shape index (κ3) is 4.87. The van der Waals surface area contributed by atoms with Crippen LogP contribution in [0.1, 0.15) is 31.1 Å². The molecule has 0 aromatic heterocycles. The maximum atomic E-state index is 12.3. The lowest BCUT2D eigenvalue weighted by Gasteiger charge is -2.23. The molecule has 1 rings (SSSR count). The van der Waals surface area contributed by atoms with Gasteiger partial charge in [0.1, 0.15) is 0 Å². The lowest BCUT2D eigenvalue weighted by Crippen LogP contribution is -2.41. The van der Waals surface area contributed by atoms with Gasteiger partial charge in [-0.15, -0.1) is 0 Å². The Labute approximate surface area is 131 Å². The van der Waals surface area contributed by atoms with Gasteiger partial charge in [0.15, 0.2) is 0 Å². The van der Waals surface area contributed by atoms with E-state index in [1.165, 1.54) is 11.8 Å². The highest BCUT2D eigenvalue weighted by Crippen LogP contribution is 2.11. The van der Waals surface area contributed by atoms with Gasteiger partial charge in [0.05, 0.1) is 6.54 Å². The summed E-state index contributed by atoms with van der Waals surface area (Å²) in [6.07, 6.45) is 0. The lowest BCUT2D eigenvalue weighted by molar-refractivity contribution is -0.131. The van der Waals surface area contributed by atoms with E-state index in [0.29, 0.717) is 24.3 Å². The molecule has 6 heteroatoms. The van der Waals surface area contributed by atoms with E-state index in [9.17, 15) is 14.4 Å². The third-order valence-corrected chi connectivity index (χ3v) is 3.29. The first kappa shape index (κ1) is 17.7. The Morgan fingerprint density at radius 1 is 1.05 bits per heavy atom. The molecule has 0 bridgehead atoms. The molecule has 0 aliphatic carbocycles. The first-order chi connectivity index (χ1) is 10.4. The molecule has 1 aromatic rings. The molecular weight excluding hydrogens is 282 g/mol. The average molecular weight is 305 g/mol. The zero-order valence-corrected chi connectivity index (χ0v) is 13.5. The van der Waals surface area contributed by atoms with E-state index in [4.69, 9.17) is 0 Å². The van der Waals surface area contributed by atoms with E-state index in [2.05, 4.69) is 5.32 Å². The van der Waals surface area contributed by atoms with E-state index in [1.54, 1.807) is 36.2 Å². The highest BCUT2D eigenvalue weighted by atomic mass is 16.2. The zero-order chi connectivity index (χ0) is 16.7. The lowest BCUT2D eigenvalue weighted by atomic mass is 10.2. The van der Waals surface area contributed by atoms with Crippen molar-refractivity contribution in [3.8, 4) is 0 Å². The second kappa shape index (κ2) is 8.17. The van der Waals surface area contributed by atoms with Gasteiger partial charge in [-0.05, 0) is 38.1 Å². The largest absolute Gasteiger partial charge is 0.342 e. The molecule has 0 spiro atoms. The SMILES string of the molecule is CCN(CC)C(=O)CN(C)C(=O)c1ccc(NC(C)=O)cc1. The van der Waals surface area contributed by atoms with Crippen LogP contribution in [0.4, 0.5) is 5.69 Å². The second-order valence-electron chi connectivity index (χ2n) is 4.99. The van der Waals surface area contributed by atoms with Crippen molar-refractivity contribution in [3.05, 3.63) is 29.8 Å². The van der Waals surface area contributed by atoms with Crippen LogP contribution in [-0.4, -0.2) is 54.2 Å². The smallest absolute Gasteiger partial charge is 0.254 e. The van der Waals surface area contributed by atoms with Gasteiger partial charge in [0.25, 0.3) is 5.91 Å². The average Bonchev–Trinajstić information content (AvgIpc) is 2.47. The summed E-state index contributed by atoms with van der Waals surface area (Å²) in [6, 6.07) is 6.58. The Morgan fingerprint density at radius 3 is 2.05 bits per heavy atom. The van der Waals surface area contributed by atoms with Crippen LogP contribution in [-0.2, 0) is 9.59 Å². The number of hydrogen-bond donors (Lipinski definition) is 1. The first-order valence-electron chi connectivity index (χ1n) is 7.29. The molecule has 0 aliphatic heterocycles. The predicted molar refractivity (Wildman–Crippen MR) is 85.6 cm³/mol. The van der Waals surface area contributed by atoms with E-state index < -0.39 is 0 Å². The number of anilines is 1. The van der Waals surface area contributed by atoms with Crippen LogP contribution in [0.2, 0.25) is 0 Å².